The largest absolute Gasteiger partial charge is 0.322 e. The summed E-state index contributed by atoms with van der Waals surface area (Å²) in [5.41, 5.74) is 1.44. The van der Waals surface area contributed by atoms with Crippen molar-refractivity contribution in [2.45, 2.75) is 0 Å². The van der Waals surface area contributed by atoms with Crippen LogP contribution in [0.2, 0.25) is 0 Å². The zero-order valence-corrected chi connectivity index (χ0v) is 10.0. The molecule has 1 heterocycles. The predicted octanol–water partition coefficient (Wildman–Crippen LogP) is 2.71. The monoisotopic (exact) mass is 260 g/mol. The SMILES string of the molecule is O=C(Cl)c1ccc(NC(=O)c2cccnc2)cc1. The number of nitrogens with zero attached hydrogens (tertiary/aromatic N) is 1. The molecule has 1 amide bonds. The zero-order valence-electron chi connectivity index (χ0n) is 9.26. The lowest BCUT2D eigenvalue weighted by Crippen LogP contribution is -2.11. The second-order valence-corrected chi connectivity index (χ2v) is 3.89. The first-order chi connectivity index (χ1) is 8.66. The zero-order chi connectivity index (χ0) is 13.0. The first-order valence-corrected chi connectivity index (χ1v) is 5.56. The van der Waals surface area contributed by atoms with Gasteiger partial charge >= 0.3 is 0 Å². The van der Waals surface area contributed by atoms with Crippen LogP contribution >= 0.6 is 11.6 Å². The second-order valence-electron chi connectivity index (χ2n) is 3.55. The maximum atomic E-state index is 11.8. The van der Waals surface area contributed by atoms with Gasteiger partial charge in [-0.25, -0.2) is 0 Å². The number of carbonyl (C=O) groups excluding carboxylic acids is 2. The normalized spacial score (nSPS) is 9.83. The average molecular weight is 261 g/mol. The molecule has 2 rings (SSSR count). The van der Waals surface area contributed by atoms with Crippen LogP contribution in [0.1, 0.15) is 20.7 Å². The molecule has 5 heteroatoms. The van der Waals surface area contributed by atoms with Gasteiger partial charge in [-0.05, 0) is 48.0 Å². The maximum absolute atomic E-state index is 11.8. The molecule has 4 nitrogen and oxygen atoms in total. The summed E-state index contributed by atoms with van der Waals surface area (Å²) in [7, 11) is 0. The van der Waals surface area contributed by atoms with Gasteiger partial charge in [-0.1, -0.05) is 0 Å². The van der Waals surface area contributed by atoms with Gasteiger partial charge in [0.1, 0.15) is 0 Å². The Balaban J connectivity index is 2.10. The number of hydrogen-bond donors (Lipinski definition) is 1. The molecule has 0 spiro atoms. The van der Waals surface area contributed by atoms with E-state index < -0.39 is 5.24 Å². The lowest BCUT2D eigenvalue weighted by Gasteiger charge is -2.04. The number of benzene rings is 1. The first kappa shape index (κ1) is 12.3. The number of pyridine rings is 1. The molecule has 0 aliphatic heterocycles. The summed E-state index contributed by atoms with van der Waals surface area (Å²) in [6, 6.07) is 9.68. The molecule has 2 aromatic rings. The van der Waals surface area contributed by atoms with E-state index in [1.54, 1.807) is 42.6 Å². The second kappa shape index (κ2) is 5.42. The van der Waals surface area contributed by atoms with E-state index in [-0.39, 0.29) is 5.91 Å². The van der Waals surface area contributed by atoms with E-state index in [1.165, 1.54) is 6.20 Å². The van der Waals surface area contributed by atoms with Crippen LogP contribution in [0.25, 0.3) is 0 Å². The third kappa shape index (κ3) is 2.93. The van der Waals surface area contributed by atoms with Gasteiger partial charge < -0.3 is 5.32 Å². The molecular formula is C13H9ClN2O2. The van der Waals surface area contributed by atoms with Gasteiger partial charge in [-0.3, -0.25) is 14.6 Å². The van der Waals surface area contributed by atoms with Crippen molar-refractivity contribution in [1.29, 1.82) is 0 Å². The Morgan fingerprint density at radius 2 is 1.78 bits per heavy atom. The summed E-state index contributed by atoms with van der Waals surface area (Å²) in [6.07, 6.45) is 3.07. The standard InChI is InChI=1S/C13H9ClN2O2/c14-12(17)9-3-5-11(6-4-9)16-13(18)10-2-1-7-15-8-10/h1-8H,(H,16,18). The summed E-state index contributed by atoms with van der Waals surface area (Å²) in [5.74, 6) is -0.256. The number of amides is 1. The van der Waals surface area contributed by atoms with Crippen molar-refractivity contribution in [2.75, 3.05) is 5.32 Å². The fourth-order valence-corrected chi connectivity index (χ4v) is 1.51. The van der Waals surface area contributed by atoms with Gasteiger partial charge in [-0.2, -0.15) is 0 Å². The molecule has 1 aromatic carbocycles. The van der Waals surface area contributed by atoms with E-state index in [9.17, 15) is 9.59 Å². The molecule has 18 heavy (non-hydrogen) atoms. The molecule has 0 aliphatic rings. The first-order valence-electron chi connectivity index (χ1n) is 5.18. The summed E-state index contributed by atoms with van der Waals surface area (Å²) >= 11 is 5.32. The van der Waals surface area contributed by atoms with Crippen molar-refractivity contribution in [1.82, 2.24) is 4.98 Å². The minimum atomic E-state index is -0.528. The summed E-state index contributed by atoms with van der Waals surface area (Å²) in [5, 5.41) is 2.16. The molecule has 1 aromatic heterocycles. The van der Waals surface area contributed by atoms with Gasteiger partial charge in [0.15, 0.2) is 0 Å². The Morgan fingerprint density at radius 3 is 2.33 bits per heavy atom. The van der Waals surface area contributed by atoms with Crippen LogP contribution < -0.4 is 5.32 Å². The Morgan fingerprint density at radius 1 is 1.06 bits per heavy atom. The number of hydrogen-bond acceptors (Lipinski definition) is 3. The van der Waals surface area contributed by atoms with E-state index in [2.05, 4.69) is 10.3 Å². The Labute approximate surface area is 109 Å². The van der Waals surface area contributed by atoms with Crippen LogP contribution in [0.4, 0.5) is 5.69 Å². The number of carbonyl (C=O) groups is 2. The minimum absolute atomic E-state index is 0.256. The van der Waals surface area contributed by atoms with Crippen molar-refractivity contribution < 1.29 is 9.59 Å². The molecular weight excluding hydrogens is 252 g/mol. The van der Waals surface area contributed by atoms with Crippen LogP contribution in [0.15, 0.2) is 48.8 Å². The number of anilines is 1. The van der Waals surface area contributed by atoms with Crippen molar-refractivity contribution in [3.8, 4) is 0 Å². The molecule has 0 saturated carbocycles. The number of halogens is 1. The summed E-state index contributed by atoms with van der Waals surface area (Å²) in [6.45, 7) is 0. The van der Waals surface area contributed by atoms with Gasteiger partial charge in [0.25, 0.3) is 11.1 Å². The molecule has 90 valence electrons. The fraction of sp³-hybridized carbons (Fsp3) is 0. The third-order valence-electron chi connectivity index (χ3n) is 2.29. The third-order valence-corrected chi connectivity index (χ3v) is 2.51. The highest BCUT2D eigenvalue weighted by atomic mass is 35.5. The number of rotatable bonds is 3. The van der Waals surface area contributed by atoms with Crippen molar-refractivity contribution in [2.24, 2.45) is 0 Å². The average Bonchev–Trinajstić information content (AvgIpc) is 2.40. The van der Waals surface area contributed by atoms with Crippen molar-refractivity contribution >= 4 is 28.4 Å². The van der Waals surface area contributed by atoms with E-state index in [4.69, 9.17) is 11.6 Å². The van der Waals surface area contributed by atoms with E-state index in [1.807, 2.05) is 0 Å². The van der Waals surface area contributed by atoms with Crippen molar-refractivity contribution in [3.63, 3.8) is 0 Å². The fourth-order valence-electron chi connectivity index (χ4n) is 1.38. The summed E-state index contributed by atoms with van der Waals surface area (Å²) < 4.78 is 0. The highest BCUT2D eigenvalue weighted by molar-refractivity contribution is 6.67. The van der Waals surface area contributed by atoms with Gasteiger partial charge in [-0.15, -0.1) is 0 Å². The summed E-state index contributed by atoms with van der Waals surface area (Å²) in [4.78, 5) is 26.5. The molecule has 0 atom stereocenters. The van der Waals surface area contributed by atoms with Crippen LogP contribution in [0.3, 0.4) is 0 Å². The molecule has 0 bridgehead atoms. The Hall–Kier alpha value is -2.20. The molecule has 1 N–H and O–H groups in total. The smallest absolute Gasteiger partial charge is 0.257 e. The molecule has 0 radical (unpaired) electrons. The van der Waals surface area contributed by atoms with E-state index >= 15 is 0 Å². The van der Waals surface area contributed by atoms with Crippen LogP contribution in [0, 0.1) is 0 Å². The lowest BCUT2D eigenvalue weighted by molar-refractivity contribution is 0.102. The van der Waals surface area contributed by atoms with Crippen LogP contribution in [-0.4, -0.2) is 16.1 Å². The molecule has 0 fully saturated rings. The maximum Gasteiger partial charge on any atom is 0.257 e. The number of aromatic nitrogens is 1. The van der Waals surface area contributed by atoms with Gasteiger partial charge in [0.2, 0.25) is 0 Å². The highest BCUT2D eigenvalue weighted by Gasteiger charge is 2.06. The number of nitrogens with one attached hydrogen (secondary N) is 1. The Bertz CT molecular complexity index is 567. The molecule has 0 aliphatic carbocycles. The lowest BCUT2D eigenvalue weighted by atomic mass is 10.2. The molecule has 0 unspecified atom stereocenters. The predicted molar refractivity (Wildman–Crippen MR) is 68.8 cm³/mol. The molecule has 0 saturated heterocycles. The van der Waals surface area contributed by atoms with Gasteiger partial charge in [0, 0.05) is 23.6 Å². The quantitative estimate of drug-likeness (QED) is 0.863. The Kier molecular flexibility index (Phi) is 3.69. The topological polar surface area (TPSA) is 59.1 Å². The van der Waals surface area contributed by atoms with Gasteiger partial charge in [0.05, 0.1) is 5.56 Å². The van der Waals surface area contributed by atoms with E-state index in [0.717, 1.165) is 0 Å². The van der Waals surface area contributed by atoms with Crippen LogP contribution in [-0.2, 0) is 0 Å². The van der Waals surface area contributed by atoms with E-state index in [0.29, 0.717) is 16.8 Å². The highest BCUT2D eigenvalue weighted by Crippen LogP contribution is 2.12. The van der Waals surface area contributed by atoms with Crippen LogP contribution in [0.5, 0.6) is 0 Å². The van der Waals surface area contributed by atoms with Crippen molar-refractivity contribution in [3.05, 3.63) is 59.9 Å². The minimum Gasteiger partial charge on any atom is -0.322 e.